The van der Waals surface area contributed by atoms with Gasteiger partial charge in [-0.05, 0) is 49.2 Å². The Balaban J connectivity index is 1.34. The van der Waals surface area contributed by atoms with Gasteiger partial charge in [-0.1, -0.05) is 30.0 Å². The van der Waals surface area contributed by atoms with Crippen LogP contribution in [-0.4, -0.2) is 70.2 Å². The molecule has 0 aliphatic carbocycles. The predicted octanol–water partition coefficient (Wildman–Crippen LogP) is 3.35. The molecule has 1 atom stereocenters. The number of halogens is 1. The maximum Gasteiger partial charge on any atom is 0.237 e. The third-order valence-electron chi connectivity index (χ3n) is 6.34. The monoisotopic (exact) mass is 481 g/mol. The number of aromatic nitrogens is 3. The van der Waals surface area contributed by atoms with Crippen molar-refractivity contribution in [3.8, 4) is 5.69 Å². The largest absolute Gasteiger partial charge is 0.379 e. The molecule has 1 saturated heterocycles. The van der Waals surface area contributed by atoms with Crippen molar-refractivity contribution in [2.45, 2.75) is 31.0 Å². The van der Waals surface area contributed by atoms with E-state index in [1.165, 1.54) is 29.5 Å². The number of benzene rings is 2. The molecular weight excluding hydrogens is 453 g/mol. The second-order valence-corrected chi connectivity index (χ2v) is 9.59. The molecule has 1 amide bonds. The van der Waals surface area contributed by atoms with Gasteiger partial charge in [0.25, 0.3) is 0 Å². The van der Waals surface area contributed by atoms with Crippen molar-refractivity contribution in [2.24, 2.45) is 0 Å². The lowest BCUT2D eigenvalue weighted by molar-refractivity contribution is -0.116. The standard InChI is InChI=1S/C25H28FN5O2S/c1-18-16-19-4-2-3-5-22(19)30(18)24(32)17-34-25-28-27-23(10-11-29-12-14-33-15-13-29)31(25)21-8-6-20(26)7-9-21/h2-9,18H,10-17H2,1H3/t18-/m1/s1. The van der Waals surface area contributed by atoms with Gasteiger partial charge in [-0.15, -0.1) is 10.2 Å². The first-order valence-electron chi connectivity index (χ1n) is 11.6. The number of rotatable bonds is 7. The van der Waals surface area contributed by atoms with Crippen LogP contribution >= 0.6 is 11.8 Å². The third kappa shape index (κ3) is 4.87. The molecule has 0 saturated carbocycles. The molecule has 0 spiro atoms. The minimum atomic E-state index is -0.294. The summed E-state index contributed by atoms with van der Waals surface area (Å²) < 4.78 is 21.0. The Kier molecular flexibility index (Phi) is 6.94. The SMILES string of the molecule is C[C@@H]1Cc2ccccc2N1C(=O)CSc1nnc(CCN2CCOCC2)n1-c1ccc(F)cc1. The molecule has 2 aliphatic rings. The summed E-state index contributed by atoms with van der Waals surface area (Å²) in [6.45, 7) is 6.20. The summed E-state index contributed by atoms with van der Waals surface area (Å²) in [5.74, 6) is 0.804. The summed E-state index contributed by atoms with van der Waals surface area (Å²) in [7, 11) is 0. The molecule has 2 aromatic carbocycles. The van der Waals surface area contributed by atoms with Gasteiger partial charge < -0.3 is 9.64 Å². The first-order valence-corrected chi connectivity index (χ1v) is 12.6. The van der Waals surface area contributed by atoms with Gasteiger partial charge in [-0.3, -0.25) is 14.3 Å². The van der Waals surface area contributed by atoms with E-state index in [-0.39, 0.29) is 23.5 Å². The summed E-state index contributed by atoms with van der Waals surface area (Å²) in [4.78, 5) is 17.4. The van der Waals surface area contributed by atoms with E-state index in [4.69, 9.17) is 4.74 Å². The highest BCUT2D eigenvalue weighted by atomic mass is 32.2. The highest BCUT2D eigenvalue weighted by molar-refractivity contribution is 7.99. The van der Waals surface area contributed by atoms with E-state index < -0.39 is 0 Å². The average molecular weight is 482 g/mol. The lowest BCUT2D eigenvalue weighted by atomic mass is 10.1. The van der Waals surface area contributed by atoms with E-state index >= 15 is 0 Å². The van der Waals surface area contributed by atoms with Gasteiger partial charge in [-0.25, -0.2) is 4.39 Å². The van der Waals surface area contributed by atoms with Crippen LogP contribution in [0.4, 0.5) is 10.1 Å². The Morgan fingerprint density at radius 3 is 2.68 bits per heavy atom. The molecule has 0 radical (unpaired) electrons. The zero-order valence-corrected chi connectivity index (χ0v) is 20.0. The van der Waals surface area contributed by atoms with Crippen molar-refractivity contribution in [1.29, 1.82) is 0 Å². The molecule has 1 fully saturated rings. The Hall–Kier alpha value is -2.75. The summed E-state index contributed by atoms with van der Waals surface area (Å²) in [5.41, 5.74) is 2.98. The molecule has 0 unspecified atom stereocenters. The van der Waals surface area contributed by atoms with Crippen LogP contribution in [0.15, 0.2) is 53.7 Å². The van der Waals surface area contributed by atoms with Crippen molar-refractivity contribution in [3.63, 3.8) is 0 Å². The van der Waals surface area contributed by atoms with E-state index in [9.17, 15) is 9.18 Å². The number of carbonyl (C=O) groups is 1. The molecule has 3 heterocycles. The van der Waals surface area contributed by atoms with Crippen LogP contribution in [0.25, 0.3) is 5.69 Å². The van der Waals surface area contributed by atoms with Crippen LogP contribution < -0.4 is 4.90 Å². The Labute approximate surface area is 202 Å². The Bertz CT molecular complexity index is 1150. The van der Waals surface area contributed by atoms with Gasteiger partial charge in [0.2, 0.25) is 5.91 Å². The molecule has 0 bridgehead atoms. The fourth-order valence-corrected chi connectivity index (χ4v) is 5.46. The number of anilines is 1. The van der Waals surface area contributed by atoms with Crippen molar-refractivity contribution < 1.29 is 13.9 Å². The van der Waals surface area contributed by atoms with E-state index in [1.54, 1.807) is 12.1 Å². The van der Waals surface area contributed by atoms with E-state index in [2.05, 4.69) is 28.1 Å². The van der Waals surface area contributed by atoms with E-state index in [1.807, 2.05) is 27.7 Å². The number of ether oxygens (including phenoxy) is 1. The molecule has 34 heavy (non-hydrogen) atoms. The number of fused-ring (bicyclic) bond motifs is 1. The van der Waals surface area contributed by atoms with Crippen molar-refractivity contribution >= 4 is 23.4 Å². The van der Waals surface area contributed by atoms with Gasteiger partial charge in [0.05, 0.1) is 19.0 Å². The third-order valence-corrected chi connectivity index (χ3v) is 7.25. The maximum absolute atomic E-state index is 13.6. The zero-order chi connectivity index (χ0) is 23.5. The van der Waals surface area contributed by atoms with Gasteiger partial charge >= 0.3 is 0 Å². The second-order valence-electron chi connectivity index (χ2n) is 8.65. The van der Waals surface area contributed by atoms with Crippen molar-refractivity contribution in [1.82, 2.24) is 19.7 Å². The lowest BCUT2D eigenvalue weighted by Gasteiger charge is -2.26. The topological polar surface area (TPSA) is 63.5 Å². The number of hydrogen-bond acceptors (Lipinski definition) is 6. The van der Waals surface area contributed by atoms with Crippen molar-refractivity contribution in [3.05, 3.63) is 65.7 Å². The Morgan fingerprint density at radius 1 is 1.12 bits per heavy atom. The maximum atomic E-state index is 13.6. The van der Waals surface area contributed by atoms with Crippen LogP contribution in [0.1, 0.15) is 18.3 Å². The Morgan fingerprint density at radius 2 is 1.88 bits per heavy atom. The average Bonchev–Trinajstić information content (AvgIpc) is 3.42. The van der Waals surface area contributed by atoms with Gasteiger partial charge in [0.15, 0.2) is 5.16 Å². The molecule has 2 aliphatic heterocycles. The molecular formula is C25H28FN5O2S. The number of thioether (sulfide) groups is 1. The summed E-state index contributed by atoms with van der Waals surface area (Å²) >= 11 is 1.37. The predicted molar refractivity (Wildman–Crippen MR) is 130 cm³/mol. The summed E-state index contributed by atoms with van der Waals surface area (Å²) in [5, 5.41) is 9.49. The van der Waals surface area contributed by atoms with Crippen LogP contribution in [0.2, 0.25) is 0 Å². The minimum absolute atomic E-state index is 0.0472. The van der Waals surface area contributed by atoms with Crippen molar-refractivity contribution in [2.75, 3.05) is 43.5 Å². The number of para-hydroxylation sites is 1. The number of carbonyl (C=O) groups excluding carboxylic acids is 1. The number of morpholine rings is 1. The molecule has 1 aromatic heterocycles. The van der Waals surface area contributed by atoms with Gasteiger partial charge in [0, 0.05) is 43.5 Å². The first kappa shape index (κ1) is 23.0. The quantitative estimate of drug-likeness (QED) is 0.483. The highest BCUT2D eigenvalue weighted by Gasteiger charge is 2.30. The summed E-state index contributed by atoms with van der Waals surface area (Å²) in [6, 6.07) is 14.5. The first-order chi connectivity index (χ1) is 16.6. The van der Waals surface area contributed by atoms with Gasteiger partial charge in [-0.2, -0.15) is 0 Å². The second kappa shape index (κ2) is 10.2. The van der Waals surface area contributed by atoms with E-state index in [0.717, 1.165) is 56.5 Å². The normalized spacial score (nSPS) is 18.3. The molecule has 5 rings (SSSR count). The van der Waals surface area contributed by atoms with Crippen LogP contribution in [0.3, 0.4) is 0 Å². The molecule has 178 valence electrons. The summed E-state index contributed by atoms with van der Waals surface area (Å²) in [6.07, 6.45) is 1.57. The molecule has 7 nitrogen and oxygen atoms in total. The van der Waals surface area contributed by atoms with E-state index in [0.29, 0.717) is 11.6 Å². The molecule has 0 N–H and O–H groups in total. The lowest BCUT2D eigenvalue weighted by Crippen LogP contribution is -2.37. The number of hydrogen-bond donors (Lipinski definition) is 0. The van der Waals surface area contributed by atoms with Gasteiger partial charge in [0.1, 0.15) is 11.6 Å². The van der Waals surface area contributed by atoms with Crippen LogP contribution in [-0.2, 0) is 22.4 Å². The van der Waals surface area contributed by atoms with Crippen LogP contribution in [0, 0.1) is 5.82 Å². The molecule has 9 heteroatoms. The fourth-order valence-electron chi connectivity index (χ4n) is 4.63. The number of amides is 1. The highest BCUT2D eigenvalue weighted by Crippen LogP contribution is 2.33. The molecule has 3 aromatic rings. The fraction of sp³-hybridized carbons (Fsp3) is 0.400. The zero-order valence-electron chi connectivity index (χ0n) is 19.2. The van der Waals surface area contributed by atoms with Crippen LogP contribution in [0.5, 0.6) is 0 Å². The smallest absolute Gasteiger partial charge is 0.237 e. The number of nitrogens with zero attached hydrogens (tertiary/aromatic N) is 5. The minimum Gasteiger partial charge on any atom is -0.379 e.